The summed E-state index contributed by atoms with van der Waals surface area (Å²) < 4.78 is 16.4. The minimum atomic E-state index is 0. The molecule has 0 spiro atoms. The molecule has 0 saturated carbocycles. The van der Waals surface area contributed by atoms with E-state index in [0.29, 0.717) is 13.2 Å². The second kappa shape index (κ2) is 11.1. The predicted octanol–water partition coefficient (Wildman–Crippen LogP) is 3.27. The van der Waals surface area contributed by atoms with Gasteiger partial charge in [-0.25, -0.2) is 0 Å². The van der Waals surface area contributed by atoms with Crippen molar-refractivity contribution in [1.29, 1.82) is 0 Å². The first-order valence-corrected chi connectivity index (χ1v) is 9.30. The number of aliphatic imine (C=N–C) groups is 1. The fourth-order valence-electron chi connectivity index (χ4n) is 2.38. The number of benzene rings is 1. The van der Waals surface area contributed by atoms with E-state index in [1.54, 1.807) is 11.3 Å². The Balaban J connectivity index is 0.00000243. The number of halogens is 1. The Morgan fingerprint density at radius 1 is 1.23 bits per heavy atom. The largest absolute Gasteiger partial charge is 0.492 e. The third-order valence-electron chi connectivity index (χ3n) is 3.56. The van der Waals surface area contributed by atoms with Crippen LogP contribution in [0.4, 0.5) is 0 Å². The molecule has 0 radical (unpaired) electrons. The van der Waals surface area contributed by atoms with Gasteiger partial charge < -0.3 is 24.8 Å². The van der Waals surface area contributed by atoms with E-state index in [0.717, 1.165) is 42.7 Å². The topological polar surface area (TPSA) is 64.1 Å². The van der Waals surface area contributed by atoms with Gasteiger partial charge in [-0.2, -0.15) is 0 Å². The molecular weight excluding hydrogens is 465 g/mol. The van der Waals surface area contributed by atoms with Gasteiger partial charge in [0.1, 0.15) is 12.4 Å². The Labute approximate surface area is 175 Å². The summed E-state index contributed by atoms with van der Waals surface area (Å²) in [6.45, 7) is 5.12. The highest BCUT2D eigenvalue weighted by Crippen LogP contribution is 2.34. The Hall–Kier alpha value is -1.68. The van der Waals surface area contributed by atoms with E-state index in [1.165, 1.54) is 4.88 Å². The lowest BCUT2D eigenvalue weighted by Crippen LogP contribution is -2.39. The van der Waals surface area contributed by atoms with Crippen molar-refractivity contribution >= 4 is 41.3 Å². The molecule has 2 aromatic rings. The average Bonchev–Trinajstić information content (AvgIpc) is 3.29. The minimum Gasteiger partial charge on any atom is -0.492 e. The molecule has 8 heteroatoms. The second-order valence-corrected chi connectivity index (χ2v) is 6.41. The van der Waals surface area contributed by atoms with Gasteiger partial charge in [0.25, 0.3) is 0 Å². The van der Waals surface area contributed by atoms with Gasteiger partial charge in [0, 0.05) is 30.5 Å². The number of guanidine groups is 1. The second-order valence-electron chi connectivity index (χ2n) is 5.38. The molecule has 0 saturated heterocycles. The normalized spacial score (nSPS) is 12.4. The summed E-state index contributed by atoms with van der Waals surface area (Å²) >= 11 is 1.77. The molecule has 0 atom stereocenters. The van der Waals surface area contributed by atoms with E-state index in [1.807, 2.05) is 18.2 Å². The van der Waals surface area contributed by atoms with Gasteiger partial charge in [-0.15, -0.1) is 35.3 Å². The summed E-state index contributed by atoms with van der Waals surface area (Å²) in [6.07, 6.45) is 0.960. The van der Waals surface area contributed by atoms with Crippen LogP contribution in [0.15, 0.2) is 40.7 Å². The van der Waals surface area contributed by atoms with Crippen molar-refractivity contribution in [2.75, 3.05) is 33.0 Å². The standard InChI is InChI=1S/C18H23N3O3S.HI/c1-2-19-18(20-8-7-15-4-3-11-25-15)21-9-10-22-14-5-6-16-17(12-14)24-13-23-16;/h3-6,11-12H,2,7-10,13H2,1H3,(H2,19,20,21);1H. The summed E-state index contributed by atoms with van der Waals surface area (Å²) in [5.41, 5.74) is 0. The first kappa shape index (κ1) is 20.6. The van der Waals surface area contributed by atoms with Gasteiger partial charge in [0.2, 0.25) is 6.79 Å². The van der Waals surface area contributed by atoms with E-state index in [4.69, 9.17) is 14.2 Å². The van der Waals surface area contributed by atoms with Crippen molar-refractivity contribution < 1.29 is 14.2 Å². The zero-order chi connectivity index (χ0) is 17.3. The molecule has 1 aliphatic heterocycles. The van der Waals surface area contributed by atoms with Gasteiger partial charge in [-0.3, -0.25) is 4.99 Å². The number of hydrogen-bond acceptors (Lipinski definition) is 5. The first-order chi connectivity index (χ1) is 12.3. The number of nitrogens with one attached hydrogen (secondary N) is 2. The highest BCUT2D eigenvalue weighted by molar-refractivity contribution is 14.0. The number of thiophene rings is 1. The van der Waals surface area contributed by atoms with Crippen molar-refractivity contribution in [3.8, 4) is 17.2 Å². The highest BCUT2D eigenvalue weighted by Gasteiger charge is 2.13. The Morgan fingerprint density at radius 3 is 2.92 bits per heavy atom. The highest BCUT2D eigenvalue weighted by atomic mass is 127. The minimum absolute atomic E-state index is 0. The van der Waals surface area contributed by atoms with Crippen molar-refractivity contribution in [3.05, 3.63) is 40.6 Å². The quantitative estimate of drug-likeness (QED) is 0.258. The molecule has 0 fully saturated rings. The van der Waals surface area contributed by atoms with Crippen molar-refractivity contribution in [2.45, 2.75) is 13.3 Å². The number of nitrogens with zero attached hydrogens (tertiary/aromatic N) is 1. The zero-order valence-corrected chi connectivity index (χ0v) is 17.8. The van der Waals surface area contributed by atoms with Gasteiger partial charge >= 0.3 is 0 Å². The van der Waals surface area contributed by atoms with Crippen molar-refractivity contribution in [2.24, 2.45) is 4.99 Å². The fraction of sp³-hybridized carbons (Fsp3) is 0.389. The van der Waals surface area contributed by atoms with Crippen LogP contribution in [0.3, 0.4) is 0 Å². The molecule has 1 aromatic carbocycles. The number of rotatable bonds is 8. The van der Waals surface area contributed by atoms with Crippen LogP contribution >= 0.6 is 35.3 Å². The summed E-state index contributed by atoms with van der Waals surface area (Å²) in [4.78, 5) is 5.94. The molecule has 6 nitrogen and oxygen atoms in total. The van der Waals surface area contributed by atoms with E-state index in [9.17, 15) is 0 Å². The zero-order valence-electron chi connectivity index (χ0n) is 14.7. The molecule has 2 heterocycles. The van der Waals surface area contributed by atoms with Gasteiger partial charge in [-0.05, 0) is 30.5 Å². The molecule has 0 unspecified atom stereocenters. The molecule has 142 valence electrons. The number of fused-ring (bicyclic) bond motifs is 1. The smallest absolute Gasteiger partial charge is 0.231 e. The molecule has 0 bridgehead atoms. The maximum Gasteiger partial charge on any atom is 0.231 e. The molecule has 0 amide bonds. The molecule has 0 aliphatic carbocycles. The molecule has 2 N–H and O–H groups in total. The first-order valence-electron chi connectivity index (χ1n) is 8.42. The summed E-state index contributed by atoms with van der Waals surface area (Å²) in [5, 5.41) is 8.62. The number of hydrogen-bond donors (Lipinski definition) is 2. The lowest BCUT2D eigenvalue weighted by molar-refractivity contribution is 0.173. The van der Waals surface area contributed by atoms with Gasteiger partial charge in [-0.1, -0.05) is 6.07 Å². The van der Waals surface area contributed by atoms with Crippen LogP contribution in [0.1, 0.15) is 11.8 Å². The van der Waals surface area contributed by atoms with Crippen LogP contribution in [-0.2, 0) is 6.42 Å². The lowest BCUT2D eigenvalue weighted by Gasteiger charge is -2.12. The lowest BCUT2D eigenvalue weighted by atomic mass is 10.3. The summed E-state index contributed by atoms with van der Waals surface area (Å²) in [5.74, 6) is 3.07. The summed E-state index contributed by atoms with van der Waals surface area (Å²) in [6, 6.07) is 9.80. The van der Waals surface area contributed by atoms with E-state index < -0.39 is 0 Å². The Bertz CT molecular complexity index is 695. The predicted molar refractivity (Wildman–Crippen MR) is 115 cm³/mol. The van der Waals surface area contributed by atoms with Crippen LogP contribution in [0, 0.1) is 0 Å². The molecule has 1 aliphatic rings. The fourth-order valence-corrected chi connectivity index (χ4v) is 3.08. The third-order valence-corrected chi connectivity index (χ3v) is 4.50. The van der Waals surface area contributed by atoms with Crippen LogP contribution in [0.5, 0.6) is 17.2 Å². The number of ether oxygens (including phenoxy) is 3. The van der Waals surface area contributed by atoms with Gasteiger partial charge in [0.05, 0.1) is 6.54 Å². The Kier molecular flexibility index (Phi) is 8.82. The van der Waals surface area contributed by atoms with E-state index in [-0.39, 0.29) is 30.8 Å². The molecule has 1 aromatic heterocycles. The van der Waals surface area contributed by atoms with E-state index >= 15 is 0 Å². The van der Waals surface area contributed by atoms with Crippen molar-refractivity contribution in [1.82, 2.24) is 10.6 Å². The monoisotopic (exact) mass is 489 g/mol. The van der Waals surface area contributed by atoms with Crippen molar-refractivity contribution in [3.63, 3.8) is 0 Å². The van der Waals surface area contributed by atoms with Crippen LogP contribution in [0.25, 0.3) is 0 Å². The Morgan fingerprint density at radius 2 is 2.12 bits per heavy atom. The van der Waals surface area contributed by atoms with Crippen LogP contribution in [-0.4, -0.2) is 39.0 Å². The van der Waals surface area contributed by atoms with Crippen LogP contribution in [0.2, 0.25) is 0 Å². The molecule has 26 heavy (non-hydrogen) atoms. The maximum atomic E-state index is 5.74. The molecular formula is C18H24IN3O3S. The SMILES string of the molecule is CCNC(=NCCc1cccs1)NCCOc1ccc2c(c1)OCO2.I. The van der Waals surface area contributed by atoms with Gasteiger partial charge in [0.15, 0.2) is 17.5 Å². The van der Waals surface area contributed by atoms with E-state index in [2.05, 4.69) is 40.1 Å². The van der Waals surface area contributed by atoms with Crippen LogP contribution < -0.4 is 24.8 Å². The molecule has 3 rings (SSSR count). The maximum absolute atomic E-state index is 5.74. The summed E-state index contributed by atoms with van der Waals surface area (Å²) in [7, 11) is 0. The average molecular weight is 489 g/mol. The third kappa shape index (κ3) is 6.24.